The summed E-state index contributed by atoms with van der Waals surface area (Å²) in [4.78, 5) is 12.7. The molecule has 0 aliphatic carbocycles. The Hall–Kier alpha value is -3.67. The van der Waals surface area contributed by atoms with E-state index < -0.39 is 6.04 Å². The standard InChI is InChI=1S/C23H23N5O/c1-16-7-4-5-10-21(16)25-23(29)17(2)28-12-11-22(26-28)19-9-6-8-18(13-19)20-14-24-27(3)15-20/h4-15,17H,1-3H3,(H,25,29). The molecule has 1 atom stereocenters. The van der Waals surface area contributed by atoms with Crippen molar-refractivity contribution in [2.24, 2.45) is 7.05 Å². The highest BCUT2D eigenvalue weighted by atomic mass is 16.2. The second kappa shape index (κ2) is 7.75. The van der Waals surface area contributed by atoms with Gasteiger partial charge in [0.2, 0.25) is 5.91 Å². The molecule has 146 valence electrons. The average molecular weight is 385 g/mol. The lowest BCUT2D eigenvalue weighted by Gasteiger charge is -2.14. The largest absolute Gasteiger partial charge is 0.324 e. The first-order chi connectivity index (χ1) is 14.0. The van der Waals surface area contributed by atoms with Gasteiger partial charge >= 0.3 is 0 Å². The molecule has 1 N–H and O–H groups in total. The van der Waals surface area contributed by atoms with E-state index in [1.54, 1.807) is 9.36 Å². The van der Waals surface area contributed by atoms with Gasteiger partial charge in [0.15, 0.2) is 0 Å². The number of nitrogens with one attached hydrogen (secondary N) is 1. The fourth-order valence-electron chi connectivity index (χ4n) is 3.21. The van der Waals surface area contributed by atoms with E-state index in [1.807, 2.05) is 82.0 Å². The Labute approximate surface area is 169 Å². The molecule has 0 saturated heterocycles. The molecule has 6 nitrogen and oxygen atoms in total. The van der Waals surface area contributed by atoms with Gasteiger partial charge in [0.05, 0.1) is 11.9 Å². The van der Waals surface area contributed by atoms with Gasteiger partial charge in [-0.2, -0.15) is 10.2 Å². The number of carbonyl (C=O) groups is 1. The van der Waals surface area contributed by atoms with Crippen molar-refractivity contribution in [3.05, 3.63) is 78.8 Å². The van der Waals surface area contributed by atoms with E-state index in [9.17, 15) is 4.79 Å². The number of nitrogens with zero attached hydrogens (tertiary/aromatic N) is 4. The Kier molecular flexibility index (Phi) is 4.99. The van der Waals surface area contributed by atoms with E-state index in [4.69, 9.17) is 0 Å². The summed E-state index contributed by atoms with van der Waals surface area (Å²) < 4.78 is 3.48. The van der Waals surface area contributed by atoms with Crippen LogP contribution < -0.4 is 5.32 Å². The van der Waals surface area contributed by atoms with Crippen LogP contribution in [0.15, 0.2) is 73.2 Å². The first-order valence-corrected chi connectivity index (χ1v) is 9.52. The number of amides is 1. The number of aromatic nitrogens is 4. The van der Waals surface area contributed by atoms with Crippen molar-refractivity contribution in [1.29, 1.82) is 0 Å². The highest BCUT2D eigenvalue weighted by molar-refractivity contribution is 5.94. The Morgan fingerprint density at radius 2 is 1.83 bits per heavy atom. The predicted octanol–water partition coefficient (Wildman–Crippen LogP) is 4.46. The Bertz CT molecular complexity index is 1160. The van der Waals surface area contributed by atoms with Crippen LogP contribution in [-0.4, -0.2) is 25.5 Å². The van der Waals surface area contributed by atoms with Gasteiger partial charge in [-0.25, -0.2) is 0 Å². The number of hydrogen-bond acceptors (Lipinski definition) is 3. The fraction of sp³-hybridized carbons (Fsp3) is 0.174. The summed E-state index contributed by atoms with van der Waals surface area (Å²) in [7, 11) is 1.90. The smallest absolute Gasteiger partial charge is 0.248 e. The minimum atomic E-state index is -0.426. The lowest BCUT2D eigenvalue weighted by molar-refractivity contribution is -0.119. The molecular formula is C23H23N5O. The molecule has 1 amide bonds. The number of para-hydroxylation sites is 1. The topological polar surface area (TPSA) is 64.7 Å². The zero-order valence-electron chi connectivity index (χ0n) is 16.7. The molecule has 1 unspecified atom stereocenters. The lowest BCUT2D eigenvalue weighted by atomic mass is 10.0. The maximum absolute atomic E-state index is 12.7. The van der Waals surface area contributed by atoms with Crippen molar-refractivity contribution >= 4 is 11.6 Å². The molecule has 2 aromatic heterocycles. The lowest BCUT2D eigenvalue weighted by Crippen LogP contribution is -2.24. The molecule has 4 rings (SSSR count). The number of aryl methyl sites for hydroxylation is 2. The molecule has 4 aromatic rings. The normalized spacial score (nSPS) is 12.0. The molecule has 0 fully saturated rings. The summed E-state index contributed by atoms with van der Waals surface area (Å²) in [6.07, 6.45) is 5.67. The molecular weight excluding hydrogens is 362 g/mol. The minimum Gasteiger partial charge on any atom is -0.324 e. The van der Waals surface area contributed by atoms with Gasteiger partial charge in [-0.15, -0.1) is 0 Å². The molecule has 2 heterocycles. The van der Waals surface area contributed by atoms with Crippen molar-refractivity contribution < 1.29 is 4.79 Å². The Morgan fingerprint density at radius 3 is 2.59 bits per heavy atom. The molecule has 6 heteroatoms. The van der Waals surface area contributed by atoms with Crippen molar-refractivity contribution in [1.82, 2.24) is 19.6 Å². The van der Waals surface area contributed by atoms with E-state index in [-0.39, 0.29) is 5.91 Å². The summed E-state index contributed by atoms with van der Waals surface area (Å²) in [6, 6.07) is 17.4. The highest BCUT2D eigenvalue weighted by Gasteiger charge is 2.17. The highest BCUT2D eigenvalue weighted by Crippen LogP contribution is 2.26. The van der Waals surface area contributed by atoms with E-state index in [0.29, 0.717) is 0 Å². The first-order valence-electron chi connectivity index (χ1n) is 9.52. The van der Waals surface area contributed by atoms with Crippen molar-refractivity contribution in [2.75, 3.05) is 5.32 Å². The molecule has 29 heavy (non-hydrogen) atoms. The second-order valence-corrected chi connectivity index (χ2v) is 7.14. The van der Waals surface area contributed by atoms with Gasteiger partial charge < -0.3 is 5.32 Å². The van der Waals surface area contributed by atoms with Gasteiger partial charge in [0.1, 0.15) is 6.04 Å². The average Bonchev–Trinajstić information content (AvgIpc) is 3.39. The molecule has 0 radical (unpaired) electrons. The quantitative estimate of drug-likeness (QED) is 0.552. The van der Waals surface area contributed by atoms with Crippen LogP contribution in [0.4, 0.5) is 5.69 Å². The first kappa shape index (κ1) is 18.7. The van der Waals surface area contributed by atoms with Crippen LogP contribution in [-0.2, 0) is 11.8 Å². The van der Waals surface area contributed by atoms with E-state index in [1.165, 1.54) is 0 Å². The van der Waals surface area contributed by atoms with Crippen LogP contribution in [0.1, 0.15) is 18.5 Å². The predicted molar refractivity (Wildman–Crippen MR) is 114 cm³/mol. The third kappa shape index (κ3) is 3.96. The molecule has 0 saturated carbocycles. The number of anilines is 1. The van der Waals surface area contributed by atoms with Crippen LogP contribution in [0.5, 0.6) is 0 Å². The zero-order valence-corrected chi connectivity index (χ0v) is 16.7. The van der Waals surface area contributed by atoms with Crippen LogP contribution >= 0.6 is 0 Å². The number of carbonyl (C=O) groups excluding carboxylic acids is 1. The van der Waals surface area contributed by atoms with E-state index in [2.05, 4.69) is 27.6 Å². The minimum absolute atomic E-state index is 0.0990. The summed E-state index contributed by atoms with van der Waals surface area (Å²) in [5.74, 6) is -0.0990. The monoisotopic (exact) mass is 385 g/mol. The zero-order chi connectivity index (χ0) is 20.4. The Morgan fingerprint density at radius 1 is 1.03 bits per heavy atom. The molecule has 0 spiro atoms. The second-order valence-electron chi connectivity index (χ2n) is 7.14. The summed E-state index contributed by atoms with van der Waals surface area (Å²) in [5.41, 5.74) is 5.81. The van der Waals surface area contributed by atoms with Gasteiger partial charge in [0.25, 0.3) is 0 Å². The third-order valence-corrected chi connectivity index (χ3v) is 4.98. The number of benzene rings is 2. The van der Waals surface area contributed by atoms with Crippen LogP contribution in [0, 0.1) is 6.92 Å². The van der Waals surface area contributed by atoms with Crippen molar-refractivity contribution in [3.63, 3.8) is 0 Å². The number of hydrogen-bond donors (Lipinski definition) is 1. The summed E-state index contributed by atoms with van der Waals surface area (Å²) in [5, 5.41) is 11.9. The van der Waals surface area contributed by atoms with Crippen LogP contribution in [0.3, 0.4) is 0 Å². The van der Waals surface area contributed by atoms with Gasteiger partial charge in [-0.1, -0.05) is 36.4 Å². The van der Waals surface area contributed by atoms with E-state index >= 15 is 0 Å². The molecule has 0 bridgehead atoms. The summed E-state index contributed by atoms with van der Waals surface area (Å²) >= 11 is 0. The molecule has 2 aromatic carbocycles. The van der Waals surface area contributed by atoms with Crippen LogP contribution in [0.25, 0.3) is 22.4 Å². The van der Waals surface area contributed by atoms with Gasteiger partial charge in [-0.3, -0.25) is 14.2 Å². The third-order valence-electron chi connectivity index (χ3n) is 4.98. The maximum atomic E-state index is 12.7. The molecule has 0 aliphatic rings. The number of rotatable bonds is 5. The van der Waals surface area contributed by atoms with Crippen molar-refractivity contribution in [3.8, 4) is 22.4 Å². The fourth-order valence-corrected chi connectivity index (χ4v) is 3.21. The Balaban J connectivity index is 1.54. The van der Waals surface area contributed by atoms with Gasteiger partial charge in [0, 0.05) is 36.3 Å². The van der Waals surface area contributed by atoms with E-state index in [0.717, 1.165) is 33.6 Å². The molecule has 0 aliphatic heterocycles. The SMILES string of the molecule is Cc1ccccc1NC(=O)C(C)n1ccc(-c2cccc(-c3cnn(C)c3)c2)n1. The van der Waals surface area contributed by atoms with Gasteiger partial charge in [-0.05, 0) is 43.2 Å². The maximum Gasteiger partial charge on any atom is 0.248 e. The van der Waals surface area contributed by atoms with Crippen LogP contribution in [0.2, 0.25) is 0 Å². The van der Waals surface area contributed by atoms with Crippen molar-refractivity contribution in [2.45, 2.75) is 19.9 Å². The summed E-state index contributed by atoms with van der Waals surface area (Å²) in [6.45, 7) is 3.82.